The van der Waals surface area contributed by atoms with E-state index in [0.29, 0.717) is 11.0 Å². The molecule has 2 aliphatic rings. The summed E-state index contributed by atoms with van der Waals surface area (Å²) < 4.78 is 9.53. The van der Waals surface area contributed by atoms with E-state index in [9.17, 15) is 0 Å². The van der Waals surface area contributed by atoms with E-state index in [1.54, 1.807) is 6.33 Å². The van der Waals surface area contributed by atoms with Crippen molar-refractivity contribution in [2.24, 2.45) is 0 Å². The Hall–Kier alpha value is -3.09. The zero-order valence-electron chi connectivity index (χ0n) is 16.2. The van der Waals surface area contributed by atoms with Gasteiger partial charge in [-0.05, 0) is 47.5 Å². The van der Waals surface area contributed by atoms with Gasteiger partial charge in [-0.1, -0.05) is 63.9 Å². The topological polar surface area (TPSA) is 52.0 Å². The van der Waals surface area contributed by atoms with Gasteiger partial charge in [0, 0.05) is 20.6 Å². The van der Waals surface area contributed by atoms with Gasteiger partial charge in [0.05, 0.1) is 5.70 Å². The van der Waals surface area contributed by atoms with Crippen LogP contribution in [-0.2, 0) is 0 Å². The van der Waals surface area contributed by atoms with E-state index in [1.807, 2.05) is 59.3 Å². The molecule has 3 heterocycles. The van der Waals surface area contributed by atoms with Gasteiger partial charge in [-0.2, -0.15) is 10.1 Å². The molecule has 31 heavy (non-hydrogen) atoms. The van der Waals surface area contributed by atoms with Crippen molar-refractivity contribution in [3.63, 3.8) is 0 Å². The second-order valence-electron chi connectivity index (χ2n) is 7.48. The number of hydrogen-bond donors (Lipinski definition) is 1. The van der Waals surface area contributed by atoms with E-state index < -0.39 is 0 Å². The highest BCUT2D eigenvalue weighted by molar-refractivity contribution is 9.10. The second kappa shape index (κ2) is 7.25. The third kappa shape index (κ3) is 3.06. The largest absolute Gasteiger partial charge is 0.480 e. The van der Waals surface area contributed by atoms with Gasteiger partial charge in [0.1, 0.15) is 24.2 Å². The van der Waals surface area contributed by atoms with Crippen molar-refractivity contribution in [3.8, 4) is 5.75 Å². The summed E-state index contributed by atoms with van der Waals surface area (Å²) in [5, 5.41) is 8.75. The molecule has 2 unspecified atom stereocenters. The number of anilines is 1. The average Bonchev–Trinajstić information content (AvgIpc) is 3.27. The first kappa shape index (κ1) is 18.7. The fourth-order valence-electron chi connectivity index (χ4n) is 4.30. The molecule has 0 saturated heterocycles. The summed E-state index contributed by atoms with van der Waals surface area (Å²) in [6.07, 6.45) is 1.28. The van der Waals surface area contributed by atoms with Gasteiger partial charge in [0.25, 0.3) is 0 Å². The number of hydrogen-bond acceptors (Lipinski definition) is 4. The van der Waals surface area contributed by atoms with E-state index in [4.69, 9.17) is 16.3 Å². The maximum absolute atomic E-state index is 6.58. The fraction of sp³-hybridized carbons (Fsp3) is 0.0833. The van der Waals surface area contributed by atoms with Crippen molar-refractivity contribution in [2.75, 3.05) is 5.32 Å². The summed E-state index contributed by atoms with van der Waals surface area (Å²) >= 11 is 9.71. The summed E-state index contributed by atoms with van der Waals surface area (Å²) in [6, 6.07) is 24.0. The molecule has 0 saturated carbocycles. The maximum atomic E-state index is 6.58. The Morgan fingerprint density at radius 2 is 1.68 bits per heavy atom. The predicted molar refractivity (Wildman–Crippen MR) is 124 cm³/mol. The Morgan fingerprint density at radius 3 is 2.48 bits per heavy atom. The molecule has 5 nitrogen and oxygen atoms in total. The number of rotatable bonds is 2. The fourth-order valence-corrected chi connectivity index (χ4v) is 4.69. The molecule has 6 rings (SSSR count). The van der Waals surface area contributed by atoms with Crippen molar-refractivity contribution in [3.05, 3.63) is 111 Å². The van der Waals surface area contributed by atoms with Crippen molar-refractivity contribution in [2.45, 2.75) is 12.1 Å². The monoisotopic (exact) mass is 490 g/mol. The molecular weight excluding hydrogens is 476 g/mol. The highest BCUT2D eigenvalue weighted by Gasteiger charge is 2.40. The quantitative estimate of drug-likeness (QED) is 0.360. The van der Waals surface area contributed by atoms with Gasteiger partial charge in [0.2, 0.25) is 5.95 Å². The third-order valence-corrected chi connectivity index (χ3v) is 6.46. The highest BCUT2D eigenvalue weighted by atomic mass is 79.9. The molecule has 1 aromatic heterocycles. The number of fused-ring (bicyclic) bond motifs is 3. The van der Waals surface area contributed by atoms with Crippen LogP contribution in [-0.4, -0.2) is 14.8 Å². The lowest BCUT2D eigenvalue weighted by Crippen LogP contribution is -2.32. The molecule has 0 fully saturated rings. The summed E-state index contributed by atoms with van der Waals surface area (Å²) in [7, 11) is 0. The minimum atomic E-state index is -0.305. The smallest absolute Gasteiger partial charge is 0.226 e. The molecule has 4 aromatic rings. The summed E-state index contributed by atoms with van der Waals surface area (Å²) in [6.45, 7) is 0. The molecule has 1 N–H and O–H groups in total. The van der Waals surface area contributed by atoms with Gasteiger partial charge in [-0.3, -0.25) is 0 Å². The zero-order valence-corrected chi connectivity index (χ0v) is 18.5. The van der Waals surface area contributed by atoms with E-state index in [0.717, 1.165) is 38.2 Å². The summed E-state index contributed by atoms with van der Waals surface area (Å²) in [5.74, 6) is 1.54. The zero-order chi connectivity index (χ0) is 20.9. The van der Waals surface area contributed by atoms with E-state index in [-0.39, 0.29) is 12.1 Å². The van der Waals surface area contributed by atoms with Crippen LogP contribution in [0.1, 0.15) is 28.8 Å². The first-order valence-electron chi connectivity index (χ1n) is 9.86. The Labute approximate surface area is 192 Å². The second-order valence-corrected chi connectivity index (χ2v) is 8.84. The number of nitrogens with zero attached hydrogens (tertiary/aromatic N) is 3. The molecule has 0 amide bonds. The predicted octanol–water partition coefficient (Wildman–Crippen LogP) is 6.25. The Bertz CT molecular complexity index is 1310. The Morgan fingerprint density at radius 1 is 0.935 bits per heavy atom. The van der Waals surface area contributed by atoms with Crippen LogP contribution in [0.15, 0.2) is 89.2 Å². The van der Waals surface area contributed by atoms with Crippen molar-refractivity contribution in [1.82, 2.24) is 14.8 Å². The summed E-state index contributed by atoms with van der Waals surface area (Å²) in [4.78, 5) is 4.46. The molecule has 0 aliphatic carbocycles. The molecule has 0 radical (unpaired) electrons. The minimum absolute atomic E-state index is 0.170. The summed E-state index contributed by atoms with van der Waals surface area (Å²) in [5.41, 5.74) is 5.24. The molecule has 2 atom stereocenters. The molecule has 0 bridgehead atoms. The molecule has 2 aliphatic heterocycles. The van der Waals surface area contributed by atoms with E-state index in [2.05, 4.69) is 49.5 Å². The van der Waals surface area contributed by atoms with Gasteiger partial charge in [-0.15, -0.1) is 0 Å². The maximum Gasteiger partial charge on any atom is 0.226 e. The van der Waals surface area contributed by atoms with Crippen LogP contribution >= 0.6 is 27.5 Å². The molecular formula is C24H16BrClN4O. The molecule has 3 aromatic carbocycles. The average molecular weight is 492 g/mol. The van der Waals surface area contributed by atoms with Crippen LogP contribution in [0.4, 0.5) is 5.95 Å². The van der Waals surface area contributed by atoms with Crippen LogP contribution in [0.3, 0.4) is 0 Å². The van der Waals surface area contributed by atoms with Crippen LogP contribution < -0.4 is 10.1 Å². The number of nitrogens with one attached hydrogen (secondary N) is 1. The van der Waals surface area contributed by atoms with Gasteiger partial charge in [0.15, 0.2) is 0 Å². The standard InChI is InChI=1S/C24H16BrClN4O/c25-16-9-5-14(6-10-16)22-20-21(29-24-27-13-28-30(22)24)18-3-1-2-4-19(18)31-23(20)15-7-11-17(26)12-8-15/h1-13,22-23H,(H,27,28,29). The van der Waals surface area contributed by atoms with Gasteiger partial charge < -0.3 is 10.1 Å². The lowest BCUT2D eigenvalue weighted by atomic mass is 9.84. The number of halogens is 2. The first-order valence-corrected chi connectivity index (χ1v) is 11.0. The van der Waals surface area contributed by atoms with Crippen molar-refractivity contribution in [1.29, 1.82) is 0 Å². The van der Waals surface area contributed by atoms with Crippen molar-refractivity contribution < 1.29 is 4.74 Å². The minimum Gasteiger partial charge on any atom is -0.480 e. The number of benzene rings is 3. The van der Waals surface area contributed by atoms with Crippen LogP contribution in [0.2, 0.25) is 5.02 Å². The number of aromatic nitrogens is 3. The van der Waals surface area contributed by atoms with E-state index >= 15 is 0 Å². The number of ether oxygens (including phenoxy) is 1. The third-order valence-electron chi connectivity index (χ3n) is 5.68. The molecule has 0 spiro atoms. The highest BCUT2D eigenvalue weighted by Crippen LogP contribution is 2.50. The molecule has 7 heteroatoms. The van der Waals surface area contributed by atoms with Crippen LogP contribution in [0.5, 0.6) is 5.75 Å². The van der Waals surface area contributed by atoms with E-state index in [1.165, 1.54) is 0 Å². The van der Waals surface area contributed by atoms with Crippen LogP contribution in [0.25, 0.3) is 5.70 Å². The Balaban J connectivity index is 1.62. The number of para-hydroxylation sites is 1. The first-order chi connectivity index (χ1) is 15.2. The lowest BCUT2D eigenvalue weighted by Gasteiger charge is -2.39. The lowest BCUT2D eigenvalue weighted by molar-refractivity contribution is 0.223. The van der Waals surface area contributed by atoms with Gasteiger partial charge in [-0.25, -0.2) is 4.68 Å². The van der Waals surface area contributed by atoms with Crippen molar-refractivity contribution >= 4 is 39.2 Å². The van der Waals surface area contributed by atoms with Crippen LogP contribution in [0, 0.1) is 0 Å². The SMILES string of the molecule is Clc1ccc(C2Oc3ccccc3C3=C2C(c2ccc(Br)cc2)n2ncnc2N3)cc1. The molecule has 152 valence electrons. The normalized spacial score (nSPS) is 19.0. The Kier molecular flexibility index (Phi) is 4.37. The van der Waals surface area contributed by atoms with Gasteiger partial charge >= 0.3 is 0 Å².